The lowest BCUT2D eigenvalue weighted by Gasteiger charge is -2.06. The van der Waals surface area contributed by atoms with Crippen molar-refractivity contribution in [2.24, 2.45) is 0 Å². The standard InChI is InChI=1S/C16H12F2O2/c1-10(8-16(19)20)11-2-4-12(5-3-11)14-7-6-13(17)9-15(14)18/h2-9H,1H3,(H,19,20)/b10-8-. The zero-order valence-electron chi connectivity index (χ0n) is 10.7. The molecule has 2 nitrogen and oxygen atoms in total. The summed E-state index contributed by atoms with van der Waals surface area (Å²) in [5, 5.41) is 8.68. The van der Waals surface area contributed by atoms with Crippen molar-refractivity contribution in [3.8, 4) is 11.1 Å². The maximum Gasteiger partial charge on any atom is 0.328 e. The first-order valence-corrected chi connectivity index (χ1v) is 5.94. The lowest BCUT2D eigenvalue weighted by molar-refractivity contribution is -0.131. The van der Waals surface area contributed by atoms with Gasteiger partial charge in [-0.15, -0.1) is 0 Å². The fourth-order valence-electron chi connectivity index (χ4n) is 1.90. The van der Waals surface area contributed by atoms with E-state index in [1.807, 2.05) is 0 Å². The van der Waals surface area contributed by atoms with Gasteiger partial charge >= 0.3 is 5.97 Å². The van der Waals surface area contributed by atoms with Crippen LogP contribution in [0.25, 0.3) is 16.7 Å². The number of halogens is 2. The zero-order chi connectivity index (χ0) is 14.7. The molecular formula is C16H12F2O2. The Kier molecular flexibility index (Phi) is 3.94. The number of carbonyl (C=O) groups is 1. The largest absolute Gasteiger partial charge is 0.478 e. The van der Waals surface area contributed by atoms with Gasteiger partial charge in [0.25, 0.3) is 0 Å². The summed E-state index contributed by atoms with van der Waals surface area (Å²) in [6.07, 6.45) is 1.10. The van der Waals surface area contributed by atoms with Crippen LogP contribution in [0.4, 0.5) is 8.78 Å². The quantitative estimate of drug-likeness (QED) is 0.855. The molecule has 0 saturated carbocycles. The molecule has 0 amide bonds. The lowest BCUT2D eigenvalue weighted by atomic mass is 10.0. The Morgan fingerprint density at radius 1 is 1.10 bits per heavy atom. The number of rotatable bonds is 3. The smallest absolute Gasteiger partial charge is 0.328 e. The summed E-state index contributed by atoms with van der Waals surface area (Å²) in [6.45, 7) is 1.68. The van der Waals surface area contributed by atoms with E-state index < -0.39 is 17.6 Å². The first-order valence-electron chi connectivity index (χ1n) is 5.94. The molecule has 2 rings (SSSR count). The van der Waals surface area contributed by atoms with Crippen LogP contribution >= 0.6 is 0 Å². The number of allylic oxidation sites excluding steroid dienone is 1. The van der Waals surface area contributed by atoms with Crippen LogP contribution in [0, 0.1) is 11.6 Å². The van der Waals surface area contributed by atoms with Crippen LogP contribution in [0.1, 0.15) is 12.5 Å². The predicted molar refractivity (Wildman–Crippen MR) is 73.1 cm³/mol. The molecule has 1 N–H and O–H groups in total. The summed E-state index contributed by atoms with van der Waals surface area (Å²) in [6, 6.07) is 10.1. The Balaban J connectivity index is 2.35. The molecule has 4 heteroatoms. The molecule has 0 heterocycles. The van der Waals surface area contributed by atoms with Crippen LogP contribution in [0.2, 0.25) is 0 Å². The van der Waals surface area contributed by atoms with E-state index in [4.69, 9.17) is 5.11 Å². The number of carboxylic acid groups (broad SMARTS) is 1. The van der Waals surface area contributed by atoms with Crippen LogP contribution in [0.5, 0.6) is 0 Å². The second-order valence-electron chi connectivity index (χ2n) is 4.37. The minimum absolute atomic E-state index is 0.304. The first-order chi connectivity index (χ1) is 9.47. The molecule has 2 aromatic carbocycles. The molecule has 0 spiro atoms. The molecule has 0 unspecified atom stereocenters. The number of hydrogen-bond acceptors (Lipinski definition) is 1. The minimum atomic E-state index is -1.02. The van der Waals surface area contributed by atoms with E-state index in [0.717, 1.165) is 17.7 Å². The van der Waals surface area contributed by atoms with Crippen molar-refractivity contribution in [2.45, 2.75) is 6.92 Å². The van der Waals surface area contributed by atoms with Crippen molar-refractivity contribution in [2.75, 3.05) is 0 Å². The molecule has 0 aliphatic rings. The van der Waals surface area contributed by atoms with Gasteiger partial charge in [-0.1, -0.05) is 24.3 Å². The highest BCUT2D eigenvalue weighted by Crippen LogP contribution is 2.25. The Labute approximate surface area is 115 Å². The van der Waals surface area contributed by atoms with Gasteiger partial charge < -0.3 is 5.11 Å². The fraction of sp³-hybridized carbons (Fsp3) is 0.0625. The molecule has 0 radical (unpaired) electrons. The highest BCUT2D eigenvalue weighted by Gasteiger charge is 2.07. The lowest BCUT2D eigenvalue weighted by Crippen LogP contribution is -1.90. The molecule has 2 aromatic rings. The second kappa shape index (κ2) is 5.65. The third-order valence-electron chi connectivity index (χ3n) is 2.92. The number of hydrogen-bond donors (Lipinski definition) is 1. The van der Waals surface area contributed by atoms with E-state index in [1.165, 1.54) is 12.1 Å². The molecule has 0 aliphatic heterocycles. The SMILES string of the molecule is C/C(=C/C(=O)O)c1ccc(-c2ccc(F)cc2F)cc1. The summed E-state index contributed by atoms with van der Waals surface area (Å²) in [5.74, 6) is -2.27. The molecule has 0 aliphatic carbocycles. The van der Waals surface area contributed by atoms with E-state index in [1.54, 1.807) is 31.2 Å². The second-order valence-corrected chi connectivity index (χ2v) is 4.37. The van der Waals surface area contributed by atoms with Crippen LogP contribution in [0.15, 0.2) is 48.5 Å². The highest BCUT2D eigenvalue weighted by molar-refractivity contribution is 5.89. The van der Waals surface area contributed by atoms with Gasteiger partial charge in [0.1, 0.15) is 11.6 Å². The Morgan fingerprint density at radius 2 is 1.75 bits per heavy atom. The molecule has 102 valence electrons. The monoisotopic (exact) mass is 274 g/mol. The number of benzene rings is 2. The maximum atomic E-state index is 13.6. The number of aliphatic carboxylic acids is 1. The van der Waals surface area contributed by atoms with Crippen molar-refractivity contribution in [3.05, 3.63) is 65.7 Å². The highest BCUT2D eigenvalue weighted by atomic mass is 19.1. The van der Waals surface area contributed by atoms with Gasteiger partial charge in [0.05, 0.1) is 0 Å². The van der Waals surface area contributed by atoms with Crippen molar-refractivity contribution < 1.29 is 18.7 Å². The Hall–Kier alpha value is -2.49. The molecule has 0 bridgehead atoms. The van der Waals surface area contributed by atoms with Gasteiger partial charge in [-0.2, -0.15) is 0 Å². The summed E-state index contributed by atoms with van der Waals surface area (Å²) in [7, 11) is 0. The first kappa shape index (κ1) is 13.9. The summed E-state index contributed by atoms with van der Waals surface area (Å²) < 4.78 is 26.5. The topological polar surface area (TPSA) is 37.3 Å². The molecular weight excluding hydrogens is 262 g/mol. The molecule has 0 aromatic heterocycles. The summed E-state index contributed by atoms with van der Waals surface area (Å²) >= 11 is 0. The molecule has 0 fully saturated rings. The van der Waals surface area contributed by atoms with Crippen LogP contribution in [-0.2, 0) is 4.79 Å². The predicted octanol–water partition coefficient (Wildman–Crippen LogP) is 4.12. The van der Waals surface area contributed by atoms with Crippen LogP contribution in [0.3, 0.4) is 0 Å². The number of carboxylic acids is 1. The zero-order valence-corrected chi connectivity index (χ0v) is 10.7. The van der Waals surface area contributed by atoms with Crippen LogP contribution < -0.4 is 0 Å². The van der Waals surface area contributed by atoms with Gasteiger partial charge in [0, 0.05) is 17.7 Å². The third kappa shape index (κ3) is 3.09. The van der Waals surface area contributed by atoms with Gasteiger partial charge in [-0.05, 0) is 35.8 Å². The maximum absolute atomic E-state index is 13.6. The van der Waals surface area contributed by atoms with Gasteiger partial charge in [-0.3, -0.25) is 0 Å². The van der Waals surface area contributed by atoms with Crippen LogP contribution in [-0.4, -0.2) is 11.1 Å². The van der Waals surface area contributed by atoms with E-state index >= 15 is 0 Å². The van der Waals surface area contributed by atoms with E-state index in [0.29, 0.717) is 16.7 Å². The molecule has 0 atom stereocenters. The van der Waals surface area contributed by atoms with Crippen molar-refractivity contribution in [3.63, 3.8) is 0 Å². The van der Waals surface area contributed by atoms with Gasteiger partial charge in [0.15, 0.2) is 0 Å². The third-order valence-corrected chi connectivity index (χ3v) is 2.92. The van der Waals surface area contributed by atoms with Gasteiger partial charge in [0.2, 0.25) is 0 Å². The normalized spacial score (nSPS) is 11.4. The molecule has 20 heavy (non-hydrogen) atoms. The Bertz CT molecular complexity index is 673. The van der Waals surface area contributed by atoms with E-state index in [2.05, 4.69) is 0 Å². The Morgan fingerprint density at radius 3 is 2.30 bits per heavy atom. The van der Waals surface area contributed by atoms with Gasteiger partial charge in [-0.25, -0.2) is 13.6 Å². The van der Waals surface area contributed by atoms with E-state index in [-0.39, 0.29) is 0 Å². The fourth-order valence-corrected chi connectivity index (χ4v) is 1.90. The minimum Gasteiger partial charge on any atom is -0.478 e. The van der Waals surface area contributed by atoms with Crippen molar-refractivity contribution in [1.82, 2.24) is 0 Å². The molecule has 0 saturated heterocycles. The van der Waals surface area contributed by atoms with Crippen molar-refractivity contribution >= 4 is 11.5 Å². The summed E-state index contributed by atoms with van der Waals surface area (Å²) in [4.78, 5) is 10.6. The summed E-state index contributed by atoms with van der Waals surface area (Å²) in [5.41, 5.74) is 2.24. The average molecular weight is 274 g/mol. The van der Waals surface area contributed by atoms with Crippen molar-refractivity contribution in [1.29, 1.82) is 0 Å². The average Bonchev–Trinajstić information content (AvgIpc) is 2.38. The van der Waals surface area contributed by atoms with E-state index in [9.17, 15) is 13.6 Å².